The number of hydrogen-bond donors (Lipinski definition) is 1. The van der Waals surface area contributed by atoms with E-state index < -0.39 is 0 Å². The molecule has 170 valence electrons. The quantitative estimate of drug-likeness (QED) is 0.415. The minimum absolute atomic E-state index is 0.231. The van der Waals surface area contributed by atoms with Gasteiger partial charge in [0.1, 0.15) is 17.2 Å². The van der Waals surface area contributed by atoms with Gasteiger partial charge in [0, 0.05) is 22.2 Å². The van der Waals surface area contributed by atoms with Gasteiger partial charge in [-0.3, -0.25) is 14.2 Å². The minimum atomic E-state index is -0.386. The Labute approximate surface area is 199 Å². The summed E-state index contributed by atoms with van der Waals surface area (Å²) in [5.41, 5.74) is 1.69. The highest BCUT2D eigenvalue weighted by molar-refractivity contribution is 7.18. The molecule has 9 heteroatoms. The number of nitrogens with one attached hydrogen (secondary N) is 1. The van der Waals surface area contributed by atoms with Gasteiger partial charge in [-0.15, -0.1) is 11.3 Å². The summed E-state index contributed by atoms with van der Waals surface area (Å²) >= 11 is 7.87. The number of ether oxygens (including phenoxy) is 2. The number of carbonyl (C=O) groups excluding carboxylic acids is 1. The number of carbonyl (C=O) groups is 1. The number of nitrogens with zero attached hydrogens (tertiary/aromatic N) is 2. The van der Waals surface area contributed by atoms with E-state index in [2.05, 4.69) is 5.32 Å². The zero-order valence-electron chi connectivity index (χ0n) is 18.6. The first kappa shape index (κ1) is 22.8. The monoisotopic (exact) mass is 483 g/mol. The van der Waals surface area contributed by atoms with Crippen LogP contribution >= 0.6 is 22.9 Å². The van der Waals surface area contributed by atoms with Gasteiger partial charge in [0.25, 0.3) is 5.56 Å². The number of benzene rings is 2. The van der Waals surface area contributed by atoms with Gasteiger partial charge in [0.2, 0.25) is 5.91 Å². The molecule has 1 amide bonds. The van der Waals surface area contributed by atoms with E-state index >= 15 is 0 Å². The van der Waals surface area contributed by atoms with Gasteiger partial charge >= 0.3 is 0 Å². The second-order valence-electron chi connectivity index (χ2n) is 7.39. The molecular weight excluding hydrogens is 462 g/mol. The van der Waals surface area contributed by atoms with Crippen molar-refractivity contribution in [3.05, 3.63) is 68.3 Å². The minimum Gasteiger partial charge on any atom is -0.493 e. The number of anilines is 1. The molecule has 4 rings (SSSR count). The van der Waals surface area contributed by atoms with Gasteiger partial charge < -0.3 is 14.8 Å². The van der Waals surface area contributed by atoms with Crippen molar-refractivity contribution in [2.75, 3.05) is 19.5 Å². The molecule has 2 heterocycles. The third-order valence-electron chi connectivity index (χ3n) is 5.37. The molecule has 0 bridgehead atoms. The maximum atomic E-state index is 13.5. The molecule has 0 radical (unpaired) electrons. The van der Waals surface area contributed by atoms with E-state index in [0.717, 1.165) is 10.4 Å². The standard InChI is InChI=1S/C24H22ClN3O4S/c1-13-14(2)33-23-21(13)24(30)28(22(27-23)16-7-5-6-8-17(16)25)12-20(29)26-15-9-10-18(31-3)19(11-15)32-4/h5-11H,12H2,1-4H3,(H,26,29). The van der Waals surface area contributed by atoms with Gasteiger partial charge in [-0.25, -0.2) is 4.98 Å². The number of fused-ring (bicyclic) bond motifs is 1. The normalized spacial score (nSPS) is 10.9. The number of rotatable bonds is 6. The number of thiophene rings is 1. The van der Waals surface area contributed by atoms with E-state index in [9.17, 15) is 9.59 Å². The van der Waals surface area contributed by atoms with E-state index in [1.54, 1.807) is 36.4 Å². The number of aryl methyl sites for hydroxylation is 2. The first-order valence-electron chi connectivity index (χ1n) is 10.1. The third-order valence-corrected chi connectivity index (χ3v) is 6.80. The Hall–Kier alpha value is -3.36. The summed E-state index contributed by atoms with van der Waals surface area (Å²) in [6.45, 7) is 3.61. The molecular formula is C24H22ClN3O4S. The maximum absolute atomic E-state index is 13.5. The third kappa shape index (κ3) is 4.31. The second kappa shape index (κ2) is 9.25. The highest BCUT2D eigenvalue weighted by Crippen LogP contribution is 2.32. The van der Waals surface area contributed by atoms with Crippen LogP contribution in [0.15, 0.2) is 47.3 Å². The van der Waals surface area contributed by atoms with Crippen LogP contribution < -0.4 is 20.3 Å². The van der Waals surface area contributed by atoms with Crippen LogP contribution in [0.3, 0.4) is 0 Å². The second-order valence-corrected chi connectivity index (χ2v) is 9.00. The molecule has 0 aliphatic rings. The molecule has 33 heavy (non-hydrogen) atoms. The van der Waals surface area contributed by atoms with Crippen molar-refractivity contribution in [3.8, 4) is 22.9 Å². The summed E-state index contributed by atoms with van der Waals surface area (Å²) in [5.74, 6) is 0.993. The molecule has 2 aromatic heterocycles. The van der Waals surface area contributed by atoms with E-state index in [1.807, 2.05) is 19.9 Å². The van der Waals surface area contributed by atoms with Crippen molar-refractivity contribution in [2.24, 2.45) is 0 Å². The van der Waals surface area contributed by atoms with Gasteiger partial charge in [-0.1, -0.05) is 23.7 Å². The summed E-state index contributed by atoms with van der Waals surface area (Å²) in [6, 6.07) is 12.2. The van der Waals surface area contributed by atoms with Gasteiger partial charge in [-0.05, 0) is 43.7 Å². The molecule has 0 saturated carbocycles. The van der Waals surface area contributed by atoms with Crippen LogP contribution in [0.5, 0.6) is 11.5 Å². The molecule has 0 aliphatic heterocycles. The van der Waals surface area contributed by atoms with E-state index in [1.165, 1.54) is 30.1 Å². The fraction of sp³-hybridized carbons (Fsp3) is 0.208. The molecule has 0 spiro atoms. The fourth-order valence-electron chi connectivity index (χ4n) is 3.58. The lowest BCUT2D eigenvalue weighted by molar-refractivity contribution is -0.116. The summed E-state index contributed by atoms with van der Waals surface area (Å²) in [6.07, 6.45) is 0. The fourth-order valence-corrected chi connectivity index (χ4v) is 4.82. The molecule has 0 aliphatic carbocycles. The maximum Gasteiger partial charge on any atom is 0.263 e. The summed E-state index contributed by atoms with van der Waals surface area (Å²) in [7, 11) is 3.06. The Morgan fingerprint density at radius 3 is 2.55 bits per heavy atom. The Bertz CT molecular complexity index is 1430. The molecule has 0 saturated heterocycles. The van der Waals surface area contributed by atoms with Gasteiger partial charge in [0.15, 0.2) is 11.5 Å². The van der Waals surface area contributed by atoms with Crippen LogP contribution in [0.2, 0.25) is 5.02 Å². The molecule has 0 unspecified atom stereocenters. The number of aromatic nitrogens is 2. The van der Waals surface area contributed by atoms with Crippen LogP contribution in [0.1, 0.15) is 10.4 Å². The average molecular weight is 484 g/mol. The van der Waals surface area contributed by atoms with Gasteiger partial charge in [-0.2, -0.15) is 0 Å². The summed E-state index contributed by atoms with van der Waals surface area (Å²) in [5, 5.41) is 3.78. The van der Waals surface area contributed by atoms with Gasteiger partial charge in [0.05, 0.1) is 24.6 Å². The van der Waals surface area contributed by atoms with Crippen LogP contribution in [-0.4, -0.2) is 29.7 Å². The number of amides is 1. The summed E-state index contributed by atoms with van der Waals surface area (Å²) < 4.78 is 11.9. The van der Waals surface area contributed by atoms with E-state index in [-0.39, 0.29) is 18.0 Å². The molecule has 1 N–H and O–H groups in total. The van der Waals surface area contributed by atoms with Crippen LogP contribution in [0.25, 0.3) is 21.6 Å². The topological polar surface area (TPSA) is 82.5 Å². The van der Waals surface area contributed by atoms with Crippen molar-refractivity contribution < 1.29 is 14.3 Å². The Morgan fingerprint density at radius 1 is 1.12 bits per heavy atom. The highest BCUT2D eigenvalue weighted by atomic mass is 35.5. The lowest BCUT2D eigenvalue weighted by Gasteiger charge is -2.15. The van der Waals surface area contributed by atoms with Crippen molar-refractivity contribution in [3.63, 3.8) is 0 Å². The zero-order chi connectivity index (χ0) is 23.7. The molecule has 0 fully saturated rings. The van der Waals surface area contributed by atoms with Crippen molar-refractivity contribution in [1.29, 1.82) is 0 Å². The molecule has 7 nitrogen and oxygen atoms in total. The van der Waals surface area contributed by atoms with Crippen LogP contribution in [-0.2, 0) is 11.3 Å². The van der Waals surface area contributed by atoms with E-state index in [4.69, 9.17) is 26.1 Å². The first-order valence-corrected chi connectivity index (χ1v) is 11.3. The SMILES string of the molecule is COc1ccc(NC(=O)Cn2c(-c3ccccc3Cl)nc3sc(C)c(C)c3c2=O)cc1OC. The van der Waals surface area contributed by atoms with Crippen molar-refractivity contribution in [2.45, 2.75) is 20.4 Å². The zero-order valence-corrected chi connectivity index (χ0v) is 20.1. The lowest BCUT2D eigenvalue weighted by Crippen LogP contribution is -2.30. The molecule has 4 aromatic rings. The Balaban J connectivity index is 1.78. The number of halogens is 1. The van der Waals surface area contributed by atoms with Crippen LogP contribution in [0, 0.1) is 13.8 Å². The Kier molecular flexibility index (Phi) is 6.40. The lowest BCUT2D eigenvalue weighted by atomic mass is 10.1. The highest BCUT2D eigenvalue weighted by Gasteiger charge is 2.20. The number of methoxy groups -OCH3 is 2. The van der Waals surface area contributed by atoms with Crippen LogP contribution in [0.4, 0.5) is 5.69 Å². The van der Waals surface area contributed by atoms with Crippen molar-refractivity contribution >= 4 is 44.7 Å². The molecule has 2 aromatic carbocycles. The predicted molar refractivity (Wildman–Crippen MR) is 132 cm³/mol. The van der Waals surface area contributed by atoms with E-state index in [0.29, 0.717) is 43.8 Å². The predicted octanol–water partition coefficient (Wildman–Crippen LogP) is 5.05. The van der Waals surface area contributed by atoms with Crippen molar-refractivity contribution in [1.82, 2.24) is 9.55 Å². The number of hydrogen-bond acceptors (Lipinski definition) is 6. The average Bonchev–Trinajstić information content (AvgIpc) is 3.09. The first-order chi connectivity index (χ1) is 15.8. The largest absolute Gasteiger partial charge is 0.493 e. The summed E-state index contributed by atoms with van der Waals surface area (Å²) in [4.78, 5) is 32.9. The Morgan fingerprint density at radius 2 is 1.85 bits per heavy atom. The molecule has 0 atom stereocenters. The smallest absolute Gasteiger partial charge is 0.263 e.